The zero-order valence-corrected chi connectivity index (χ0v) is 19.1. The van der Waals surface area contributed by atoms with Crippen LogP contribution in [0.15, 0.2) is 17.0 Å². The summed E-state index contributed by atoms with van der Waals surface area (Å²) in [6.07, 6.45) is 0.813. The van der Waals surface area contributed by atoms with Gasteiger partial charge >= 0.3 is 10.4 Å². The van der Waals surface area contributed by atoms with Gasteiger partial charge in [-0.05, 0) is 44.7 Å². The van der Waals surface area contributed by atoms with Gasteiger partial charge in [-0.15, -0.1) is 0 Å². The van der Waals surface area contributed by atoms with Crippen LogP contribution in [0.3, 0.4) is 0 Å². The Morgan fingerprint density at radius 3 is 1.83 bits per heavy atom. The molecule has 2 aliphatic heterocycles. The zero-order chi connectivity index (χ0) is 22.3. The van der Waals surface area contributed by atoms with E-state index >= 15 is 0 Å². The lowest BCUT2D eigenvalue weighted by Gasteiger charge is -2.37. The van der Waals surface area contributed by atoms with E-state index in [4.69, 9.17) is 0 Å². The summed E-state index contributed by atoms with van der Waals surface area (Å²) in [6, 6.07) is 3.71. The molecule has 2 saturated heterocycles. The quantitative estimate of drug-likeness (QED) is 0.631. The number of piperazine rings is 1. The first-order chi connectivity index (χ1) is 13.9. The van der Waals surface area contributed by atoms with E-state index in [-0.39, 0.29) is 51.1 Å². The summed E-state index contributed by atoms with van der Waals surface area (Å²) < 4.78 is 63.5. The summed E-state index contributed by atoms with van der Waals surface area (Å²) in [6.45, 7) is 6.17. The summed E-state index contributed by atoms with van der Waals surface area (Å²) in [5, 5.41) is 0. The molecule has 0 N–H and O–H groups in total. The lowest BCUT2D eigenvalue weighted by Crippen LogP contribution is -2.52. The van der Waals surface area contributed by atoms with Crippen molar-refractivity contribution in [1.82, 2.24) is 13.5 Å². The maximum atomic E-state index is 13.2. The summed E-state index contributed by atoms with van der Waals surface area (Å²) in [4.78, 5) is 14.7. The van der Waals surface area contributed by atoms with E-state index in [1.54, 1.807) is 18.7 Å². The standard InChI is InChI=1S/C19H28FN3O5S2/c1-14-12-15(2)18(16(3)13-14)29(25,26)22-6-4-17(5-7-22)19(24)21-8-10-23(11-9-21)30(20,27)28/h12-13,17H,4-11H2,1-3H3. The first-order valence-electron chi connectivity index (χ1n) is 9.98. The third kappa shape index (κ3) is 4.68. The molecule has 1 amide bonds. The number of piperidine rings is 1. The normalized spacial score (nSPS) is 20.5. The maximum Gasteiger partial charge on any atom is 0.374 e. The molecule has 11 heteroatoms. The number of halogens is 1. The van der Waals surface area contributed by atoms with E-state index in [2.05, 4.69) is 0 Å². The number of hydrogen-bond acceptors (Lipinski definition) is 5. The molecule has 30 heavy (non-hydrogen) atoms. The Hall–Kier alpha value is -1.56. The Labute approximate surface area is 178 Å². The molecule has 8 nitrogen and oxygen atoms in total. The number of sulfonamides is 1. The van der Waals surface area contributed by atoms with Gasteiger partial charge < -0.3 is 4.90 Å². The molecule has 0 atom stereocenters. The van der Waals surface area contributed by atoms with Crippen LogP contribution in [0.4, 0.5) is 3.89 Å². The van der Waals surface area contributed by atoms with Crippen molar-refractivity contribution < 1.29 is 25.5 Å². The Bertz CT molecular complexity index is 1000. The molecule has 2 aliphatic rings. The van der Waals surface area contributed by atoms with Crippen molar-refractivity contribution in [2.45, 2.75) is 38.5 Å². The molecular weight excluding hydrogens is 433 g/mol. The molecule has 3 rings (SSSR count). The number of carbonyl (C=O) groups is 1. The topological polar surface area (TPSA) is 95.1 Å². The lowest BCUT2D eigenvalue weighted by atomic mass is 9.96. The molecule has 0 aromatic heterocycles. The van der Waals surface area contributed by atoms with Gasteiger partial charge in [0, 0.05) is 45.2 Å². The predicted octanol–water partition coefficient (Wildman–Crippen LogP) is 1.37. The molecule has 2 heterocycles. The van der Waals surface area contributed by atoms with E-state index in [0.29, 0.717) is 28.9 Å². The fourth-order valence-electron chi connectivity index (χ4n) is 4.43. The number of nitrogens with zero attached hydrogens (tertiary/aromatic N) is 3. The highest BCUT2D eigenvalue weighted by Crippen LogP contribution is 2.29. The van der Waals surface area contributed by atoms with Crippen LogP contribution in [-0.2, 0) is 25.2 Å². The van der Waals surface area contributed by atoms with Crippen LogP contribution in [0, 0.1) is 26.7 Å². The van der Waals surface area contributed by atoms with Gasteiger partial charge in [0.05, 0.1) is 4.90 Å². The van der Waals surface area contributed by atoms with Crippen LogP contribution in [0.2, 0.25) is 0 Å². The third-order valence-corrected chi connectivity index (χ3v) is 9.05. The molecule has 0 spiro atoms. The van der Waals surface area contributed by atoms with Crippen LogP contribution in [0.5, 0.6) is 0 Å². The Kier molecular flexibility index (Phi) is 6.57. The smallest absolute Gasteiger partial charge is 0.340 e. The van der Waals surface area contributed by atoms with Crippen LogP contribution in [0.25, 0.3) is 0 Å². The minimum absolute atomic E-state index is 0.0657. The molecule has 1 aromatic rings. The number of hydrogen-bond donors (Lipinski definition) is 0. The molecule has 0 radical (unpaired) electrons. The highest BCUT2D eigenvalue weighted by molar-refractivity contribution is 7.89. The van der Waals surface area contributed by atoms with E-state index < -0.39 is 20.4 Å². The first kappa shape index (κ1) is 23.1. The van der Waals surface area contributed by atoms with Gasteiger partial charge in [-0.25, -0.2) is 8.42 Å². The molecule has 0 saturated carbocycles. The molecule has 0 bridgehead atoms. The second-order valence-corrected chi connectivity index (χ2v) is 11.3. The second kappa shape index (κ2) is 8.52. The van der Waals surface area contributed by atoms with Gasteiger partial charge in [0.25, 0.3) is 0 Å². The summed E-state index contributed by atoms with van der Waals surface area (Å²) in [5.74, 6) is -0.434. The molecule has 0 unspecified atom stereocenters. The second-order valence-electron chi connectivity index (χ2n) is 8.07. The molecule has 168 valence electrons. The van der Waals surface area contributed by atoms with Crippen molar-refractivity contribution in [2.75, 3.05) is 39.3 Å². The molecular formula is C19H28FN3O5S2. The number of carbonyl (C=O) groups excluding carboxylic acids is 1. The highest BCUT2D eigenvalue weighted by Gasteiger charge is 2.36. The van der Waals surface area contributed by atoms with Crippen LogP contribution in [-0.4, -0.2) is 75.5 Å². The van der Waals surface area contributed by atoms with E-state index in [9.17, 15) is 25.5 Å². The zero-order valence-electron chi connectivity index (χ0n) is 17.5. The minimum atomic E-state index is -4.74. The molecule has 0 aliphatic carbocycles. The number of aryl methyl sites for hydroxylation is 3. The molecule has 1 aromatic carbocycles. The third-order valence-electron chi connectivity index (χ3n) is 5.86. The van der Waals surface area contributed by atoms with Crippen molar-refractivity contribution in [3.63, 3.8) is 0 Å². The van der Waals surface area contributed by atoms with Gasteiger partial charge in [0.15, 0.2) is 0 Å². The van der Waals surface area contributed by atoms with E-state index in [1.807, 2.05) is 19.1 Å². The van der Waals surface area contributed by atoms with Gasteiger partial charge in [0.2, 0.25) is 15.9 Å². The predicted molar refractivity (Wildman–Crippen MR) is 110 cm³/mol. The average molecular weight is 462 g/mol. The van der Waals surface area contributed by atoms with Crippen molar-refractivity contribution >= 4 is 26.3 Å². The van der Waals surface area contributed by atoms with Crippen molar-refractivity contribution in [2.24, 2.45) is 5.92 Å². The van der Waals surface area contributed by atoms with Gasteiger partial charge in [-0.1, -0.05) is 21.6 Å². The Morgan fingerprint density at radius 2 is 1.37 bits per heavy atom. The van der Waals surface area contributed by atoms with Crippen molar-refractivity contribution in [3.8, 4) is 0 Å². The monoisotopic (exact) mass is 461 g/mol. The fourth-order valence-corrected chi connectivity index (χ4v) is 6.91. The number of benzene rings is 1. The lowest BCUT2D eigenvalue weighted by molar-refractivity contribution is -0.138. The number of amides is 1. The van der Waals surface area contributed by atoms with Crippen LogP contribution >= 0.6 is 0 Å². The summed E-state index contributed by atoms with van der Waals surface area (Å²) in [5.41, 5.74) is 2.44. The molecule has 2 fully saturated rings. The first-order valence-corrected chi connectivity index (χ1v) is 12.8. The van der Waals surface area contributed by atoms with Crippen LogP contribution < -0.4 is 0 Å². The Morgan fingerprint density at radius 1 is 0.867 bits per heavy atom. The fraction of sp³-hybridized carbons (Fsp3) is 0.632. The SMILES string of the molecule is Cc1cc(C)c(S(=O)(=O)N2CCC(C(=O)N3CCN(S(=O)(=O)F)CC3)CC2)c(C)c1. The van der Waals surface area contributed by atoms with E-state index in [1.165, 1.54) is 4.31 Å². The average Bonchev–Trinajstić information content (AvgIpc) is 2.66. The van der Waals surface area contributed by atoms with Gasteiger partial charge in [-0.3, -0.25) is 4.79 Å². The Balaban J connectivity index is 1.63. The maximum absolute atomic E-state index is 13.2. The number of rotatable bonds is 4. The van der Waals surface area contributed by atoms with Crippen LogP contribution in [0.1, 0.15) is 29.5 Å². The highest BCUT2D eigenvalue weighted by atomic mass is 32.3. The van der Waals surface area contributed by atoms with Crippen molar-refractivity contribution in [1.29, 1.82) is 0 Å². The largest absolute Gasteiger partial charge is 0.374 e. The van der Waals surface area contributed by atoms with Gasteiger partial charge in [0.1, 0.15) is 0 Å². The minimum Gasteiger partial charge on any atom is -0.340 e. The van der Waals surface area contributed by atoms with E-state index in [0.717, 1.165) is 9.87 Å². The summed E-state index contributed by atoms with van der Waals surface area (Å²) >= 11 is 0. The summed E-state index contributed by atoms with van der Waals surface area (Å²) in [7, 11) is -8.38. The van der Waals surface area contributed by atoms with Crippen molar-refractivity contribution in [3.05, 3.63) is 28.8 Å². The van der Waals surface area contributed by atoms with Gasteiger partial charge in [-0.2, -0.15) is 17.0 Å².